The average molecular weight is 467 g/mol. The van der Waals surface area contributed by atoms with E-state index in [4.69, 9.17) is 0 Å². The molecule has 1 amide bonds. The summed E-state index contributed by atoms with van der Waals surface area (Å²) in [4.78, 5) is 29.1. The van der Waals surface area contributed by atoms with Gasteiger partial charge in [-0.2, -0.15) is 4.68 Å². The minimum absolute atomic E-state index is 0.0315. The van der Waals surface area contributed by atoms with E-state index in [0.717, 1.165) is 21.5 Å². The number of carbonyl (C=O) groups is 1. The van der Waals surface area contributed by atoms with Gasteiger partial charge in [0.2, 0.25) is 0 Å². The van der Waals surface area contributed by atoms with Gasteiger partial charge in [-0.05, 0) is 61.4 Å². The fourth-order valence-corrected chi connectivity index (χ4v) is 3.95. The summed E-state index contributed by atoms with van der Waals surface area (Å²) in [5.41, 5.74) is 3.57. The van der Waals surface area contributed by atoms with Crippen molar-refractivity contribution in [1.82, 2.24) is 14.7 Å². The second kappa shape index (κ2) is 8.44. The van der Waals surface area contributed by atoms with Crippen LogP contribution in [0.5, 0.6) is 0 Å². The Morgan fingerprint density at radius 3 is 2.40 bits per heavy atom. The molecule has 1 saturated heterocycles. The van der Waals surface area contributed by atoms with Crippen molar-refractivity contribution < 1.29 is 4.79 Å². The fourth-order valence-electron chi connectivity index (χ4n) is 3.56. The lowest BCUT2D eigenvalue weighted by atomic mass is 10.1. The Morgan fingerprint density at radius 1 is 0.933 bits per heavy atom. The van der Waals surface area contributed by atoms with E-state index in [2.05, 4.69) is 25.9 Å². The molecule has 0 bridgehead atoms. The van der Waals surface area contributed by atoms with Gasteiger partial charge in [-0.3, -0.25) is 9.59 Å². The first kappa shape index (κ1) is 20.3. The molecule has 0 saturated carbocycles. The van der Waals surface area contributed by atoms with Crippen molar-refractivity contribution in [2.24, 2.45) is 0 Å². The van der Waals surface area contributed by atoms with Crippen LogP contribution in [0.3, 0.4) is 0 Å². The van der Waals surface area contributed by atoms with Crippen LogP contribution in [0, 0.1) is 13.8 Å². The molecule has 2 heterocycles. The van der Waals surface area contributed by atoms with Gasteiger partial charge in [0.1, 0.15) is 5.82 Å². The Bertz CT molecular complexity index is 1150. The van der Waals surface area contributed by atoms with E-state index < -0.39 is 0 Å². The average Bonchev–Trinajstić information content (AvgIpc) is 2.76. The molecule has 154 valence electrons. The van der Waals surface area contributed by atoms with Crippen molar-refractivity contribution in [2.45, 2.75) is 13.8 Å². The Balaban J connectivity index is 1.50. The summed E-state index contributed by atoms with van der Waals surface area (Å²) in [7, 11) is 0. The van der Waals surface area contributed by atoms with Gasteiger partial charge in [0.15, 0.2) is 0 Å². The molecular formula is C23H23BrN4O2. The first-order valence-electron chi connectivity index (χ1n) is 9.90. The maximum atomic E-state index is 12.8. The number of piperazine rings is 1. The summed E-state index contributed by atoms with van der Waals surface area (Å²) in [6, 6.07) is 16.6. The Kier molecular flexibility index (Phi) is 5.72. The zero-order chi connectivity index (χ0) is 21.3. The molecule has 1 aromatic heterocycles. The first-order chi connectivity index (χ1) is 14.4. The molecule has 7 heteroatoms. The molecule has 1 fully saturated rings. The summed E-state index contributed by atoms with van der Waals surface area (Å²) < 4.78 is 2.34. The fraction of sp³-hybridized carbons (Fsp3) is 0.261. The van der Waals surface area contributed by atoms with Crippen LogP contribution in [-0.4, -0.2) is 46.8 Å². The van der Waals surface area contributed by atoms with E-state index >= 15 is 0 Å². The van der Waals surface area contributed by atoms with Crippen molar-refractivity contribution in [3.63, 3.8) is 0 Å². The molecule has 2 aromatic carbocycles. The highest BCUT2D eigenvalue weighted by Crippen LogP contribution is 2.18. The van der Waals surface area contributed by atoms with Crippen molar-refractivity contribution in [3.05, 3.63) is 86.1 Å². The highest BCUT2D eigenvalue weighted by Gasteiger charge is 2.23. The van der Waals surface area contributed by atoms with Gasteiger partial charge in [0.05, 0.1) is 5.69 Å². The Hall–Kier alpha value is -2.93. The highest BCUT2D eigenvalue weighted by molar-refractivity contribution is 9.10. The molecule has 4 rings (SSSR count). The van der Waals surface area contributed by atoms with Crippen LogP contribution in [0.4, 0.5) is 5.82 Å². The summed E-state index contributed by atoms with van der Waals surface area (Å²) in [6.45, 7) is 6.61. The molecule has 3 aromatic rings. The monoisotopic (exact) mass is 466 g/mol. The summed E-state index contributed by atoms with van der Waals surface area (Å²) >= 11 is 3.42. The SMILES string of the molecule is Cc1ccc(-n2nc(N3CCN(C(=O)c4cccc(Br)c4)CC3)ccc2=O)cc1C. The minimum atomic E-state index is -0.162. The number of amides is 1. The smallest absolute Gasteiger partial charge is 0.271 e. The maximum Gasteiger partial charge on any atom is 0.271 e. The number of halogens is 1. The molecule has 0 unspecified atom stereocenters. The van der Waals surface area contributed by atoms with Crippen LogP contribution in [0.25, 0.3) is 5.69 Å². The maximum absolute atomic E-state index is 12.8. The van der Waals surface area contributed by atoms with Gasteiger partial charge in [0, 0.05) is 42.3 Å². The van der Waals surface area contributed by atoms with Gasteiger partial charge in [0.25, 0.3) is 11.5 Å². The molecule has 0 spiro atoms. The summed E-state index contributed by atoms with van der Waals surface area (Å²) in [6.07, 6.45) is 0. The largest absolute Gasteiger partial charge is 0.352 e. The van der Waals surface area contributed by atoms with E-state index in [-0.39, 0.29) is 11.5 Å². The van der Waals surface area contributed by atoms with E-state index in [1.807, 2.05) is 61.2 Å². The van der Waals surface area contributed by atoms with Crippen LogP contribution in [-0.2, 0) is 0 Å². The molecule has 1 aliphatic heterocycles. The second-order valence-electron chi connectivity index (χ2n) is 7.50. The molecule has 0 atom stereocenters. The molecular weight excluding hydrogens is 444 g/mol. The van der Waals surface area contributed by atoms with E-state index in [9.17, 15) is 9.59 Å². The van der Waals surface area contributed by atoms with Gasteiger partial charge < -0.3 is 9.80 Å². The number of hydrogen-bond donors (Lipinski definition) is 0. The minimum Gasteiger partial charge on any atom is -0.352 e. The topological polar surface area (TPSA) is 58.4 Å². The third kappa shape index (κ3) is 4.16. The number of carbonyl (C=O) groups excluding carboxylic acids is 1. The predicted molar refractivity (Wildman–Crippen MR) is 122 cm³/mol. The van der Waals surface area contributed by atoms with E-state index in [1.165, 1.54) is 10.2 Å². The molecule has 30 heavy (non-hydrogen) atoms. The zero-order valence-corrected chi connectivity index (χ0v) is 18.6. The lowest BCUT2D eigenvalue weighted by molar-refractivity contribution is 0.0746. The molecule has 0 N–H and O–H groups in total. The first-order valence-corrected chi connectivity index (χ1v) is 10.7. The van der Waals surface area contributed by atoms with Crippen LogP contribution >= 0.6 is 15.9 Å². The van der Waals surface area contributed by atoms with Crippen molar-refractivity contribution in [2.75, 3.05) is 31.1 Å². The zero-order valence-electron chi connectivity index (χ0n) is 17.0. The van der Waals surface area contributed by atoms with Crippen LogP contribution in [0.1, 0.15) is 21.5 Å². The van der Waals surface area contributed by atoms with Gasteiger partial charge >= 0.3 is 0 Å². The lowest BCUT2D eigenvalue weighted by Crippen LogP contribution is -2.49. The van der Waals surface area contributed by atoms with Crippen LogP contribution in [0.2, 0.25) is 0 Å². The lowest BCUT2D eigenvalue weighted by Gasteiger charge is -2.35. The molecule has 0 radical (unpaired) electrons. The van der Waals surface area contributed by atoms with Gasteiger partial charge in [-0.25, -0.2) is 0 Å². The normalized spacial score (nSPS) is 14.1. The van der Waals surface area contributed by atoms with Gasteiger partial charge in [-0.1, -0.05) is 28.1 Å². The third-order valence-corrected chi connectivity index (χ3v) is 5.98. The standard InChI is InChI=1S/C23H23BrN4O2/c1-16-6-7-20(14-17(16)2)28-22(29)9-8-21(25-28)26-10-12-27(13-11-26)23(30)18-4-3-5-19(24)15-18/h3-9,14-15H,10-13H2,1-2H3. The number of benzene rings is 2. The molecule has 6 nitrogen and oxygen atoms in total. The predicted octanol–water partition coefficient (Wildman–Crippen LogP) is 3.57. The quantitative estimate of drug-likeness (QED) is 0.591. The van der Waals surface area contributed by atoms with Gasteiger partial charge in [-0.15, -0.1) is 5.10 Å². The number of aryl methyl sites for hydroxylation is 2. The number of nitrogens with zero attached hydrogens (tertiary/aromatic N) is 4. The van der Waals surface area contributed by atoms with Crippen LogP contribution in [0.15, 0.2) is 63.9 Å². The third-order valence-electron chi connectivity index (χ3n) is 5.48. The highest BCUT2D eigenvalue weighted by atomic mass is 79.9. The Labute approximate surface area is 183 Å². The molecule has 1 aliphatic rings. The second-order valence-corrected chi connectivity index (χ2v) is 8.42. The number of aromatic nitrogens is 2. The van der Waals surface area contributed by atoms with E-state index in [0.29, 0.717) is 31.7 Å². The molecule has 0 aliphatic carbocycles. The Morgan fingerprint density at radius 2 is 1.70 bits per heavy atom. The number of rotatable bonds is 3. The summed E-state index contributed by atoms with van der Waals surface area (Å²) in [5.74, 6) is 0.770. The van der Waals surface area contributed by atoms with Crippen molar-refractivity contribution in [3.8, 4) is 5.69 Å². The number of hydrogen-bond acceptors (Lipinski definition) is 4. The van der Waals surface area contributed by atoms with Crippen LogP contribution < -0.4 is 10.5 Å². The number of anilines is 1. The summed E-state index contributed by atoms with van der Waals surface area (Å²) in [5, 5.41) is 4.60. The van der Waals surface area contributed by atoms with Crippen molar-refractivity contribution >= 4 is 27.7 Å². The van der Waals surface area contributed by atoms with Crippen molar-refractivity contribution in [1.29, 1.82) is 0 Å². The van der Waals surface area contributed by atoms with E-state index in [1.54, 1.807) is 12.1 Å².